The molecule has 5 heteroatoms. The maximum absolute atomic E-state index is 13.5. The van der Waals surface area contributed by atoms with Crippen LogP contribution in [0.5, 0.6) is 0 Å². The molecular weight excluding hydrogens is 195 g/mol. The number of hydrogen-bond acceptors (Lipinski definition) is 4. The van der Waals surface area contributed by atoms with Crippen molar-refractivity contribution in [2.75, 3.05) is 17.2 Å². The number of anilines is 2. The lowest BCUT2D eigenvalue weighted by Crippen LogP contribution is -2.34. The van der Waals surface area contributed by atoms with Gasteiger partial charge in [-0.15, -0.1) is 0 Å². The Morgan fingerprint density at radius 3 is 2.73 bits per heavy atom. The first kappa shape index (κ1) is 11.7. The highest BCUT2D eigenvalue weighted by Gasteiger charge is 2.17. The van der Waals surface area contributed by atoms with E-state index in [0.29, 0.717) is 12.4 Å². The lowest BCUT2D eigenvalue weighted by Gasteiger charge is -2.28. The predicted octanol–water partition coefficient (Wildman–Crippen LogP) is 1.82. The lowest BCUT2D eigenvalue weighted by molar-refractivity contribution is 0.570. The van der Waals surface area contributed by atoms with E-state index in [1.54, 1.807) is 0 Å². The van der Waals surface area contributed by atoms with E-state index < -0.39 is 5.82 Å². The molecule has 0 aliphatic rings. The highest BCUT2D eigenvalue weighted by molar-refractivity contribution is 5.43. The molecule has 1 unspecified atom stereocenters. The van der Waals surface area contributed by atoms with E-state index in [-0.39, 0.29) is 12.0 Å². The molecule has 1 atom stereocenters. The van der Waals surface area contributed by atoms with Gasteiger partial charge in [0.1, 0.15) is 0 Å². The second kappa shape index (κ2) is 4.91. The smallest absolute Gasteiger partial charge is 0.222 e. The van der Waals surface area contributed by atoms with Gasteiger partial charge in [-0.05, 0) is 20.3 Å². The van der Waals surface area contributed by atoms with Crippen LogP contribution >= 0.6 is 0 Å². The summed E-state index contributed by atoms with van der Waals surface area (Å²) in [5.74, 6) is -0.0288. The van der Waals surface area contributed by atoms with Crippen molar-refractivity contribution in [3.8, 4) is 0 Å². The topological polar surface area (TPSA) is 55.0 Å². The van der Waals surface area contributed by atoms with Crippen LogP contribution in [0.15, 0.2) is 6.20 Å². The van der Waals surface area contributed by atoms with Crippen LogP contribution in [0.3, 0.4) is 0 Å². The minimum absolute atomic E-state index is 0.105. The van der Waals surface area contributed by atoms with Gasteiger partial charge in [-0.1, -0.05) is 6.92 Å². The number of nitrogen functional groups attached to an aromatic ring is 1. The Balaban J connectivity index is 3.05. The van der Waals surface area contributed by atoms with Crippen LogP contribution < -0.4 is 10.6 Å². The first-order valence-corrected chi connectivity index (χ1v) is 5.14. The van der Waals surface area contributed by atoms with Crippen LogP contribution in [0.4, 0.5) is 16.2 Å². The molecule has 0 spiro atoms. The van der Waals surface area contributed by atoms with Gasteiger partial charge in [0.15, 0.2) is 11.6 Å². The molecule has 84 valence electrons. The monoisotopic (exact) mass is 212 g/mol. The summed E-state index contributed by atoms with van der Waals surface area (Å²) in [7, 11) is 0. The minimum Gasteiger partial charge on any atom is -0.368 e. The first-order chi connectivity index (χ1) is 7.10. The summed E-state index contributed by atoms with van der Waals surface area (Å²) in [6, 6.07) is 0.235. The number of rotatable bonds is 4. The summed E-state index contributed by atoms with van der Waals surface area (Å²) in [5.41, 5.74) is 5.45. The molecule has 1 rings (SSSR count). The quantitative estimate of drug-likeness (QED) is 0.827. The molecule has 0 fully saturated rings. The number of nitrogens with zero attached hydrogens (tertiary/aromatic N) is 3. The van der Waals surface area contributed by atoms with Crippen molar-refractivity contribution in [3.63, 3.8) is 0 Å². The summed E-state index contributed by atoms with van der Waals surface area (Å²) in [5, 5.41) is 0. The van der Waals surface area contributed by atoms with Crippen molar-refractivity contribution >= 4 is 11.8 Å². The Labute approximate surface area is 89.3 Å². The molecule has 1 heterocycles. The van der Waals surface area contributed by atoms with E-state index >= 15 is 0 Å². The largest absolute Gasteiger partial charge is 0.368 e. The van der Waals surface area contributed by atoms with E-state index in [2.05, 4.69) is 16.9 Å². The fraction of sp³-hybridized carbons (Fsp3) is 0.600. The van der Waals surface area contributed by atoms with Crippen LogP contribution in [0, 0.1) is 5.82 Å². The van der Waals surface area contributed by atoms with Gasteiger partial charge in [-0.2, -0.15) is 4.98 Å². The predicted molar refractivity (Wildman–Crippen MR) is 59.2 cm³/mol. The summed E-state index contributed by atoms with van der Waals surface area (Å²) in [4.78, 5) is 9.42. The van der Waals surface area contributed by atoms with Crippen molar-refractivity contribution in [1.29, 1.82) is 0 Å². The third-order valence-corrected chi connectivity index (χ3v) is 2.48. The minimum atomic E-state index is -0.425. The van der Waals surface area contributed by atoms with Crippen LogP contribution in [0.1, 0.15) is 27.2 Å². The molecule has 0 bridgehead atoms. The molecule has 15 heavy (non-hydrogen) atoms. The standard InChI is InChI=1S/C10H17FN4/c1-4-7(3)15(5-2)9-8(11)6-13-10(12)14-9/h6-7H,4-5H2,1-3H3,(H2,12,13,14). The van der Waals surface area contributed by atoms with Gasteiger partial charge in [-0.25, -0.2) is 9.37 Å². The Kier molecular flexibility index (Phi) is 3.82. The molecule has 0 aliphatic heterocycles. The van der Waals surface area contributed by atoms with Gasteiger partial charge in [-0.3, -0.25) is 0 Å². The normalized spacial score (nSPS) is 12.5. The summed E-state index contributed by atoms with van der Waals surface area (Å²) in [6.07, 6.45) is 2.04. The summed E-state index contributed by atoms with van der Waals surface area (Å²) in [6.45, 7) is 6.74. The van der Waals surface area contributed by atoms with Gasteiger partial charge in [0.25, 0.3) is 0 Å². The molecule has 0 aromatic carbocycles. The van der Waals surface area contributed by atoms with Crippen LogP contribution in [0.25, 0.3) is 0 Å². The number of hydrogen-bond donors (Lipinski definition) is 1. The molecule has 4 nitrogen and oxygen atoms in total. The van der Waals surface area contributed by atoms with Crippen molar-refractivity contribution in [2.24, 2.45) is 0 Å². The summed E-state index contributed by atoms with van der Waals surface area (Å²) < 4.78 is 13.5. The first-order valence-electron chi connectivity index (χ1n) is 5.14. The van der Waals surface area contributed by atoms with Crippen LogP contribution in [-0.4, -0.2) is 22.6 Å². The fourth-order valence-corrected chi connectivity index (χ4v) is 1.46. The number of aromatic nitrogens is 2. The fourth-order valence-electron chi connectivity index (χ4n) is 1.46. The van der Waals surface area contributed by atoms with Gasteiger partial charge in [0.2, 0.25) is 5.95 Å². The Morgan fingerprint density at radius 1 is 1.53 bits per heavy atom. The Hall–Kier alpha value is -1.39. The third-order valence-electron chi connectivity index (χ3n) is 2.48. The molecule has 0 saturated carbocycles. The molecule has 0 radical (unpaired) electrons. The maximum atomic E-state index is 13.5. The lowest BCUT2D eigenvalue weighted by atomic mass is 10.2. The molecular formula is C10H17FN4. The van der Waals surface area contributed by atoms with Crippen molar-refractivity contribution < 1.29 is 4.39 Å². The third kappa shape index (κ3) is 2.55. The number of nitrogens with two attached hydrogens (primary N) is 1. The zero-order valence-electron chi connectivity index (χ0n) is 9.37. The van der Waals surface area contributed by atoms with Gasteiger partial charge >= 0.3 is 0 Å². The number of halogens is 1. The highest BCUT2D eigenvalue weighted by atomic mass is 19.1. The van der Waals surface area contributed by atoms with Gasteiger partial charge in [0, 0.05) is 12.6 Å². The Bertz CT molecular complexity index is 329. The Morgan fingerprint density at radius 2 is 2.20 bits per heavy atom. The summed E-state index contributed by atoms with van der Waals surface area (Å²) >= 11 is 0. The second-order valence-electron chi connectivity index (χ2n) is 3.44. The molecule has 1 aromatic rings. The average Bonchev–Trinajstić information content (AvgIpc) is 2.23. The van der Waals surface area contributed by atoms with Crippen molar-refractivity contribution in [1.82, 2.24) is 9.97 Å². The molecule has 0 saturated heterocycles. The van der Waals surface area contributed by atoms with Gasteiger partial charge in [0.05, 0.1) is 6.20 Å². The van der Waals surface area contributed by atoms with Crippen molar-refractivity contribution in [3.05, 3.63) is 12.0 Å². The molecule has 0 amide bonds. The zero-order valence-corrected chi connectivity index (χ0v) is 9.37. The molecule has 2 N–H and O–H groups in total. The van der Waals surface area contributed by atoms with Gasteiger partial charge < -0.3 is 10.6 Å². The highest BCUT2D eigenvalue weighted by Crippen LogP contribution is 2.19. The molecule has 0 aliphatic carbocycles. The van der Waals surface area contributed by atoms with E-state index in [9.17, 15) is 4.39 Å². The molecule has 1 aromatic heterocycles. The SMILES string of the molecule is CCC(C)N(CC)c1nc(N)ncc1F. The zero-order chi connectivity index (χ0) is 11.4. The maximum Gasteiger partial charge on any atom is 0.222 e. The van der Waals surface area contributed by atoms with E-state index in [1.807, 2.05) is 18.7 Å². The average molecular weight is 212 g/mol. The van der Waals surface area contributed by atoms with Crippen LogP contribution in [-0.2, 0) is 0 Å². The van der Waals surface area contributed by atoms with Crippen molar-refractivity contribution in [2.45, 2.75) is 33.2 Å². The second-order valence-corrected chi connectivity index (χ2v) is 3.44. The van der Waals surface area contributed by atoms with E-state index in [0.717, 1.165) is 12.6 Å². The van der Waals surface area contributed by atoms with Crippen LogP contribution in [0.2, 0.25) is 0 Å². The van der Waals surface area contributed by atoms with E-state index in [4.69, 9.17) is 5.73 Å². The van der Waals surface area contributed by atoms with E-state index in [1.165, 1.54) is 0 Å².